The van der Waals surface area contributed by atoms with Gasteiger partial charge in [-0.05, 0) is 40.5 Å². The molecule has 2 atom stereocenters. The Kier molecular flexibility index (Phi) is 9.80. The van der Waals surface area contributed by atoms with Crippen LogP contribution in [0.3, 0.4) is 0 Å². The molecule has 0 spiro atoms. The topological polar surface area (TPSA) is 183 Å². The minimum Gasteiger partial charge on any atom is -0.481 e. The van der Waals surface area contributed by atoms with Crippen molar-refractivity contribution in [1.82, 2.24) is 5.06 Å². The Bertz CT molecular complexity index is 832. The Morgan fingerprint density at radius 1 is 0.941 bits per heavy atom. The molecule has 1 rings (SSSR count). The maximum absolute atomic E-state index is 13.7. The number of hydroxylamine groups is 2. The fraction of sp³-hybridized carbons (Fsp3) is 0.750. The summed E-state index contributed by atoms with van der Waals surface area (Å²) in [4.78, 5) is 63.4. The normalized spacial score (nSPS) is 19.1. The molecular formula is C20H32NO12P. The van der Waals surface area contributed by atoms with Crippen LogP contribution in [0.5, 0.6) is 0 Å². The molecular weight excluding hydrogens is 477 g/mol. The number of carboxylic acids is 2. The molecule has 2 unspecified atom stereocenters. The van der Waals surface area contributed by atoms with Crippen LogP contribution in [0.4, 0.5) is 0 Å². The molecule has 1 heterocycles. The Hall–Kier alpha value is -2.50. The van der Waals surface area contributed by atoms with E-state index in [0.29, 0.717) is 5.06 Å². The first-order chi connectivity index (χ1) is 15.4. The first kappa shape index (κ1) is 29.5. The molecule has 0 aromatic heterocycles. The van der Waals surface area contributed by atoms with E-state index in [4.69, 9.17) is 18.6 Å². The van der Waals surface area contributed by atoms with Crippen molar-refractivity contribution >= 4 is 37.4 Å². The Morgan fingerprint density at radius 3 is 1.74 bits per heavy atom. The minimum absolute atomic E-state index is 0.0851. The number of carbonyl (C=O) groups excluding carboxylic acids is 3. The first-order valence-corrected chi connectivity index (χ1v) is 12.1. The second kappa shape index (κ2) is 11.3. The summed E-state index contributed by atoms with van der Waals surface area (Å²) >= 11 is 0. The SMILES string of the molecule is CC(=O)OC1CC(P(=O)(OCCC(C)(C)C(=O)O)OCCC(C)(C)C(=O)O)C(=O)N1OC(C)=O. The van der Waals surface area contributed by atoms with E-state index < -0.39 is 66.5 Å². The summed E-state index contributed by atoms with van der Waals surface area (Å²) in [5, 5.41) is 19.0. The van der Waals surface area contributed by atoms with Crippen molar-refractivity contribution in [3.8, 4) is 0 Å². The number of amides is 1. The van der Waals surface area contributed by atoms with Crippen LogP contribution in [0.2, 0.25) is 0 Å². The number of hydrogen-bond acceptors (Lipinski definition) is 10. The lowest BCUT2D eigenvalue weighted by molar-refractivity contribution is -0.225. The maximum atomic E-state index is 13.7. The van der Waals surface area contributed by atoms with Gasteiger partial charge in [-0.3, -0.25) is 28.5 Å². The van der Waals surface area contributed by atoms with Crippen molar-refractivity contribution in [3.63, 3.8) is 0 Å². The molecule has 1 fully saturated rings. The average molecular weight is 509 g/mol. The minimum atomic E-state index is -4.38. The van der Waals surface area contributed by atoms with Gasteiger partial charge in [-0.15, -0.1) is 5.06 Å². The zero-order chi connectivity index (χ0) is 26.5. The number of carboxylic acid groups (broad SMARTS) is 2. The first-order valence-electron chi connectivity index (χ1n) is 10.5. The molecule has 0 radical (unpaired) electrons. The zero-order valence-electron chi connectivity index (χ0n) is 20.1. The largest absolute Gasteiger partial charge is 0.481 e. The van der Waals surface area contributed by atoms with Crippen LogP contribution in [-0.4, -0.2) is 70.2 Å². The van der Waals surface area contributed by atoms with Crippen LogP contribution in [-0.2, 0) is 47.2 Å². The van der Waals surface area contributed by atoms with Crippen molar-refractivity contribution in [2.45, 2.75) is 72.7 Å². The molecule has 0 aromatic rings. The Balaban J connectivity index is 3.18. The smallest absolute Gasteiger partial charge is 0.343 e. The molecule has 0 aromatic carbocycles. The zero-order valence-corrected chi connectivity index (χ0v) is 21.0. The van der Waals surface area contributed by atoms with E-state index in [-0.39, 0.29) is 26.1 Å². The van der Waals surface area contributed by atoms with Gasteiger partial charge in [0.15, 0.2) is 0 Å². The molecule has 0 saturated carbocycles. The molecule has 14 heteroatoms. The lowest BCUT2D eigenvalue weighted by atomic mass is 9.90. The number of carbonyl (C=O) groups is 5. The van der Waals surface area contributed by atoms with Crippen molar-refractivity contribution in [2.24, 2.45) is 10.8 Å². The van der Waals surface area contributed by atoms with Gasteiger partial charge in [0.05, 0.1) is 24.0 Å². The van der Waals surface area contributed by atoms with E-state index in [1.807, 2.05) is 0 Å². The number of aliphatic carboxylic acids is 2. The molecule has 2 N–H and O–H groups in total. The average Bonchev–Trinajstić information content (AvgIpc) is 2.96. The second-order valence-electron chi connectivity index (χ2n) is 9.15. The fourth-order valence-electron chi connectivity index (χ4n) is 2.76. The lowest BCUT2D eigenvalue weighted by Crippen LogP contribution is -2.38. The molecule has 1 aliphatic rings. The monoisotopic (exact) mass is 509 g/mol. The Morgan fingerprint density at radius 2 is 1.38 bits per heavy atom. The van der Waals surface area contributed by atoms with Crippen LogP contribution in [0.1, 0.15) is 60.8 Å². The van der Waals surface area contributed by atoms with Crippen LogP contribution in [0, 0.1) is 10.8 Å². The highest BCUT2D eigenvalue weighted by Crippen LogP contribution is 2.58. The van der Waals surface area contributed by atoms with Gasteiger partial charge in [-0.2, -0.15) is 0 Å². The Labute approximate surface area is 197 Å². The van der Waals surface area contributed by atoms with Gasteiger partial charge in [0.25, 0.3) is 5.91 Å². The fourth-order valence-corrected chi connectivity index (χ4v) is 4.71. The van der Waals surface area contributed by atoms with Gasteiger partial charge in [0, 0.05) is 20.3 Å². The van der Waals surface area contributed by atoms with E-state index in [0.717, 1.165) is 13.8 Å². The summed E-state index contributed by atoms with van der Waals surface area (Å²) in [6.07, 6.45) is -1.95. The number of rotatable bonds is 13. The van der Waals surface area contributed by atoms with Gasteiger partial charge >= 0.3 is 31.5 Å². The summed E-state index contributed by atoms with van der Waals surface area (Å²) in [6.45, 7) is 7.07. The summed E-state index contributed by atoms with van der Waals surface area (Å²) in [5.74, 6) is -4.93. The van der Waals surface area contributed by atoms with E-state index in [2.05, 4.69) is 0 Å². The third-order valence-corrected chi connectivity index (χ3v) is 7.53. The van der Waals surface area contributed by atoms with E-state index in [1.54, 1.807) is 0 Å². The number of ether oxygens (including phenoxy) is 1. The van der Waals surface area contributed by atoms with Gasteiger partial charge in [-0.25, -0.2) is 0 Å². The third-order valence-electron chi connectivity index (χ3n) is 5.25. The van der Waals surface area contributed by atoms with Crippen LogP contribution < -0.4 is 0 Å². The predicted octanol–water partition coefficient (Wildman–Crippen LogP) is 2.18. The number of nitrogens with zero attached hydrogens (tertiary/aromatic N) is 1. The van der Waals surface area contributed by atoms with Crippen molar-refractivity contribution in [3.05, 3.63) is 0 Å². The molecule has 194 valence electrons. The second-order valence-corrected chi connectivity index (χ2v) is 11.4. The molecule has 1 aliphatic heterocycles. The summed E-state index contributed by atoms with van der Waals surface area (Å²) < 4.78 is 29.6. The highest BCUT2D eigenvalue weighted by atomic mass is 31.2. The summed E-state index contributed by atoms with van der Waals surface area (Å²) in [5.41, 5.74) is -4.02. The molecule has 34 heavy (non-hydrogen) atoms. The van der Waals surface area contributed by atoms with Crippen molar-refractivity contribution < 1.29 is 57.4 Å². The van der Waals surface area contributed by atoms with Crippen LogP contribution in [0.25, 0.3) is 0 Å². The predicted molar refractivity (Wildman–Crippen MR) is 114 cm³/mol. The van der Waals surface area contributed by atoms with E-state index in [1.165, 1.54) is 27.7 Å². The number of hydrogen-bond donors (Lipinski definition) is 2. The van der Waals surface area contributed by atoms with Crippen LogP contribution in [0.15, 0.2) is 0 Å². The molecule has 13 nitrogen and oxygen atoms in total. The molecule has 1 amide bonds. The highest BCUT2D eigenvalue weighted by Gasteiger charge is 2.55. The molecule has 0 aliphatic carbocycles. The molecule has 0 bridgehead atoms. The van der Waals surface area contributed by atoms with Gasteiger partial charge in [0.2, 0.25) is 6.23 Å². The van der Waals surface area contributed by atoms with Crippen LogP contribution >= 0.6 is 7.60 Å². The quantitative estimate of drug-likeness (QED) is 0.273. The summed E-state index contributed by atoms with van der Waals surface area (Å²) in [7, 11) is -4.38. The summed E-state index contributed by atoms with van der Waals surface area (Å²) in [6, 6.07) is 0. The maximum Gasteiger partial charge on any atom is 0.343 e. The van der Waals surface area contributed by atoms with Gasteiger partial charge in [-0.1, -0.05) is 0 Å². The standard InChI is InChI=1S/C20H32NO12P/c1-12(22)32-15-11-14(16(24)21(15)33-13(2)23)34(29,30-9-7-19(3,4)17(25)26)31-10-8-20(5,6)18(27)28/h14-15H,7-11H2,1-6H3,(H,25,26)(H,27,28). The van der Waals surface area contributed by atoms with Crippen molar-refractivity contribution in [1.29, 1.82) is 0 Å². The highest BCUT2D eigenvalue weighted by molar-refractivity contribution is 7.55. The molecule has 1 saturated heterocycles. The van der Waals surface area contributed by atoms with Crippen molar-refractivity contribution in [2.75, 3.05) is 13.2 Å². The lowest BCUT2D eigenvalue weighted by Gasteiger charge is -2.26. The van der Waals surface area contributed by atoms with Gasteiger partial charge < -0.3 is 28.8 Å². The third kappa shape index (κ3) is 7.78. The van der Waals surface area contributed by atoms with Gasteiger partial charge in [0.1, 0.15) is 5.66 Å². The van der Waals surface area contributed by atoms with E-state index in [9.17, 15) is 38.8 Å². The number of esters is 1. The van der Waals surface area contributed by atoms with E-state index >= 15 is 0 Å².